The van der Waals surface area contributed by atoms with E-state index in [-0.39, 0.29) is 18.7 Å². The van der Waals surface area contributed by atoms with Gasteiger partial charge in [-0.05, 0) is 62.1 Å². The van der Waals surface area contributed by atoms with Gasteiger partial charge in [-0.1, -0.05) is 12.1 Å². The number of aliphatic hydroxyl groups excluding tert-OH is 1. The Kier molecular flexibility index (Phi) is 7.37. The van der Waals surface area contributed by atoms with E-state index in [0.29, 0.717) is 12.5 Å². The molecule has 24 heavy (non-hydrogen) atoms. The number of carbonyl (C=O) groups excluding carboxylic acids is 1. The van der Waals surface area contributed by atoms with Crippen molar-refractivity contribution in [1.82, 2.24) is 10.6 Å². The van der Waals surface area contributed by atoms with Gasteiger partial charge in [0.15, 0.2) is 0 Å². The largest absolute Gasteiger partial charge is 0.396 e. The molecule has 3 N–H and O–H groups in total. The van der Waals surface area contributed by atoms with E-state index in [9.17, 15) is 4.79 Å². The maximum Gasteiger partial charge on any atom is 0.315 e. The van der Waals surface area contributed by atoms with Crippen LogP contribution in [0.5, 0.6) is 0 Å². The Morgan fingerprint density at radius 1 is 1.17 bits per heavy atom. The van der Waals surface area contributed by atoms with Crippen LogP contribution in [0.2, 0.25) is 0 Å². The molecule has 2 amide bonds. The first-order valence-electron chi connectivity index (χ1n) is 9.00. The molecule has 1 saturated carbocycles. The maximum absolute atomic E-state index is 11.9. The Morgan fingerprint density at radius 3 is 2.42 bits per heavy atom. The molecule has 0 radical (unpaired) electrons. The van der Waals surface area contributed by atoms with Crippen molar-refractivity contribution in [3.8, 4) is 0 Å². The van der Waals surface area contributed by atoms with E-state index < -0.39 is 0 Å². The fourth-order valence-electron chi connectivity index (χ4n) is 3.18. The highest BCUT2D eigenvalue weighted by Crippen LogP contribution is 2.23. The van der Waals surface area contributed by atoms with Crippen LogP contribution in [-0.2, 0) is 6.42 Å². The van der Waals surface area contributed by atoms with Crippen molar-refractivity contribution >= 4 is 11.7 Å². The summed E-state index contributed by atoms with van der Waals surface area (Å²) in [5.74, 6) is 0.421. The van der Waals surface area contributed by atoms with Gasteiger partial charge in [-0.2, -0.15) is 0 Å². The van der Waals surface area contributed by atoms with Gasteiger partial charge >= 0.3 is 6.03 Å². The SMILES string of the molecule is CN(C)c1ccc(CCCNC(=O)NC2CCC(CO)CC2)cc1. The summed E-state index contributed by atoms with van der Waals surface area (Å²) in [5, 5.41) is 15.1. The van der Waals surface area contributed by atoms with Crippen LogP contribution in [0.3, 0.4) is 0 Å². The minimum absolute atomic E-state index is 0.0644. The molecule has 1 fully saturated rings. The van der Waals surface area contributed by atoms with Gasteiger partial charge in [0.25, 0.3) is 0 Å². The van der Waals surface area contributed by atoms with Crippen molar-refractivity contribution in [1.29, 1.82) is 0 Å². The zero-order valence-electron chi connectivity index (χ0n) is 14.9. The predicted molar refractivity (Wildman–Crippen MR) is 98.5 cm³/mol. The minimum atomic E-state index is -0.0644. The molecule has 1 aromatic carbocycles. The van der Waals surface area contributed by atoms with Gasteiger partial charge in [0.2, 0.25) is 0 Å². The number of hydrogen-bond donors (Lipinski definition) is 3. The van der Waals surface area contributed by atoms with Gasteiger partial charge in [0, 0.05) is 39.0 Å². The number of anilines is 1. The third kappa shape index (κ3) is 6.04. The van der Waals surface area contributed by atoms with Gasteiger partial charge in [0.05, 0.1) is 0 Å². The number of aliphatic hydroxyl groups is 1. The molecule has 0 heterocycles. The first kappa shape index (κ1) is 18.6. The normalized spacial score (nSPS) is 20.5. The fourth-order valence-corrected chi connectivity index (χ4v) is 3.18. The molecule has 2 rings (SSSR count). The summed E-state index contributed by atoms with van der Waals surface area (Å²) in [6, 6.07) is 8.73. The maximum atomic E-state index is 11.9. The number of nitrogens with zero attached hydrogens (tertiary/aromatic N) is 1. The quantitative estimate of drug-likeness (QED) is 0.672. The average molecular weight is 333 g/mol. The highest BCUT2D eigenvalue weighted by molar-refractivity contribution is 5.74. The molecule has 134 valence electrons. The zero-order chi connectivity index (χ0) is 17.4. The summed E-state index contributed by atoms with van der Waals surface area (Å²) >= 11 is 0. The second-order valence-corrected chi connectivity index (χ2v) is 6.96. The third-order valence-electron chi connectivity index (χ3n) is 4.82. The first-order valence-corrected chi connectivity index (χ1v) is 9.00. The van der Waals surface area contributed by atoms with E-state index in [1.54, 1.807) is 0 Å². The van der Waals surface area contributed by atoms with Crippen LogP contribution in [0.15, 0.2) is 24.3 Å². The summed E-state index contributed by atoms with van der Waals surface area (Å²) in [6.07, 6.45) is 5.85. The summed E-state index contributed by atoms with van der Waals surface area (Å²) in [7, 11) is 4.07. The molecule has 0 saturated heterocycles. The van der Waals surface area contributed by atoms with Gasteiger partial charge in [-0.15, -0.1) is 0 Å². The van der Waals surface area contributed by atoms with Crippen LogP contribution in [-0.4, -0.2) is 44.4 Å². The lowest BCUT2D eigenvalue weighted by Gasteiger charge is -2.27. The van der Waals surface area contributed by atoms with Crippen molar-refractivity contribution in [3.63, 3.8) is 0 Å². The smallest absolute Gasteiger partial charge is 0.315 e. The lowest BCUT2D eigenvalue weighted by atomic mass is 9.87. The number of benzene rings is 1. The molecule has 0 atom stereocenters. The molecule has 0 aromatic heterocycles. The molecular formula is C19H31N3O2. The summed E-state index contributed by atoms with van der Waals surface area (Å²) in [5.41, 5.74) is 2.50. The van der Waals surface area contributed by atoms with Gasteiger partial charge < -0.3 is 20.6 Å². The van der Waals surface area contributed by atoms with Crippen LogP contribution >= 0.6 is 0 Å². The Morgan fingerprint density at radius 2 is 1.83 bits per heavy atom. The molecule has 1 aliphatic rings. The molecule has 1 aliphatic carbocycles. The lowest BCUT2D eigenvalue weighted by Crippen LogP contribution is -2.44. The van der Waals surface area contributed by atoms with Gasteiger partial charge in [0.1, 0.15) is 0 Å². The zero-order valence-corrected chi connectivity index (χ0v) is 14.9. The Balaban J connectivity index is 1.59. The first-order chi connectivity index (χ1) is 11.6. The van der Waals surface area contributed by atoms with Crippen molar-refractivity contribution in [2.45, 2.75) is 44.6 Å². The average Bonchev–Trinajstić information content (AvgIpc) is 2.60. The Labute approximate surface area is 145 Å². The van der Waals surface area contributed by atoms with Crippen molar-refractivity contribution in [2.75, 3.05) is 32.1 Å². The van der Waals surface area contributed by atoms with Crippen molar-refractivity contribution < 1.29 is 9.90 Å². The van der Waals surface area contributed by atoms with E-state index in [1.807, 2.05) is 14.1 Å². The van der Waals surface area contributed by atoms with Crippen molar-refractivity contribution in [3.05, 3.63) is 29.8 Å². The molecule has 0 spiro atoms. The standard InChI is InChI=1S/C19H31N3O2/c1-22(2)18-11-7-15(8-12-18)4-3-13-20-19(24)21-17-9-5-16(14-23)6-10-17/h7-8,11-12,16-17,23H,3-6,9-10,13-14H2,1-2H3,(H2,20,21,24). The monoisotopic (exact) mass is 333 g/mol. The van der Waals surface area contributed by atoms with Crippen LogP contribution < -0.4 is 15.5 Å². The molecule has 1 aromatic rings. The molecule has 0 unspecified atom stereocenters. The van der Waals surface area contributed by atoms with Gasteiger partial charge in [-0.3, -0.25) is 0 Å². The molecule has 5 heteroatoms. The predicted octanol–water partition coefficient (Wildman–Crippen LogP) is 2.54. The molecule has 0 aliphatic heterocycles. The van der Waals surface area contributed by atoms with Crippen LogP contribution in [0.25, 0.3) is 0 Å². The van der Waals surface area contributed by atoms with E-state index in [4.69, 9.17) is 5.11 Å². The highest BCUT2D eigenvalue weighted by atomic mass is 16.3. The number of nitrogens with one attached hydrogen (secondary N) is 2. The summed E-state index contributed by atoms with van der Waals surface area (Å²) in [6.45, 7) is 0.960. The van der Waals surface area contributed by atoms with E-state index >= 15 is 0 Å². The Hall–Kier alpha value is -1.75. The highest BCUT2D eigenvalue weighted by Gasteiger charge is 2.21. The number of amides is 2. The van der Waals surface area contributed by atoms with Crippen LogP contribution in [0.1, 0.15) is 37.7 Å². The number of rotatable bonds is 7. The van der Waals surface area contributed by atoms with Crippen LogP contribution in [0, 0.1) is 5.92 Å². The van der Waals surface area contributed by atoms with E-state index in [0.717, 1.165) is 38.5 Å². The fraction of sp³-hybridized carbons (Fsp3) is 0.632. The number of carbonyl (C=O) groups is 1. The minimum Gasteiger partial charge on any atom is -0.396 e. The van der Waals surface area contributed by atoms with Gasteiger partial charge in [-0.25, -0.2) is 4.79 Å². The summed E-state index contributed by atoms with van der Waals surface area (Å²) < 4.78 is 0. The van der Waals surface area contributed by atoms with E-state index in [1.165, 1.54) is 11.3 Å². The number of urea groups is 1. The second-order valence-electron chi connectivity index (χ2n) is 6.96. The molecule has 0 bridgehead atoms. The Bertz CT molecular complexity index is 494. The topological polar surface area (TPSA) is 64.6 Å². The number of aryl methyl sites for hydroxylation is 1. The summed E-state index contributed by atoms with van der Waals surface area (Å²) in [4.78, 5) is 14.0. The lowest BCUT2D eigenvalue weighted by molar-refractivity contribution is 0.174. The molecular weight excluding hydrogens is 302 g/mol. The third-order valence-corrected chi connectivity index (χ3v) is 4.82. The van der Waals surface area contributed by atoms with Crippen molar-refractivity contribution in [2.24, 2.45) is 5.92 Å². The van der Waals surface area contributed by atoms with Crippen LogP contribution in [0.4, 0.5) is 10.5 Å². The van der Waals surface area contributed by atoms with E-state index in [2.05, 4.69) is 39.8 Å². The molecule has 5 nitrogen and oxygen atoms in total. The second kappa shape index (κ2) is 9.52. The number of hydrogen-bond acceptors (Lipinski definition) is 3.